The molecular formula is C14H16N4O2. The van der Waals surface area contributed by atoms with Crippen molar-refractivity contribution in [2.24, 2.45) is 0 Å². The molecule has 0 saturated carbocycles. The van der Waals surface area contributed by atoms with E-state index in [2.05, 4.69) is 10.1 Å². The van der Waals surface area contributed by atoms with E-state index in [1.165, 1.54) is 7.11 Å². The van der Waals surface area contributed by atoms with Crippen LogP contribution in [0.4, 0.5) is 5.69 Å². The molecule has 0 aliphatic carbocycles. The Hall–Kier alpha value is -2.37. The van der Waals surface area contributed by atoms with Crippen LogP contribution in [0.1, 0.15) is 24.6 Å². The van der Waals surface area contributed by atoms with Gasteiger partial charge in [-0.25, -0.2) is 9.67 Å². The second kappa shape index (κ2) is 4.96. The molecule has 1 aromatic heterocycles. The lowest BCUT2D eigenvalue weighted by molar-refractivity contribution is -0.143. The van der Waals surface area contributed by atoms with E-state index < -0.39 is 0 Å². The molecule has 0 spiro atoms. The maximum absolute atomic E-state index is 11.8. The van der Waals surface area contributed by atoms with Crippen molar-refractivity contribution in [3.05, 3.63) is 30.1 Å². The number of anilines is 1. The van der Waals surface area contributed by atoms with E-state index in [0.717, 1.165) is 24.9 Å². The van der Waals surface area contributed by atoms with Crippen LogP contribution in [0, 0.1) is 0 Å². The summed E-state index contributed by atoms with van der Waals surface area (Å²) in [7, 11) is 1.40. The molecule has 0 amide bonds. The van der Waals surface area contributed by atoms with Crippen molar-refractivity contribution in [2.45, 2.75) is 25.3 Å². The number of hydrogen-bond acceptors (Lipinski definition) is 5. The van der Waals surface area contributed by atoms with Gasteiger partial charge in [0.1, 0.15) is 11.7 Å². The number of aryl methyl sites for hydroxylation is 1. The first-order chi connectivity index (χ1) is 9.70. The monoisotopic (exact) mass is 272 g/mol. The summed E-state index contributed by atoms with van der Waals surface area (Å²) < 4.78 is 6.63. The van der Waals surface area contributed by atoms with Crippen LogP contribution >= 0.6 is 0 Å². The molecular weight excluding hydrogens is 256 g/mol. The van der Waals surface area contributed by atoms with Gasteiger partial charge in [-0.3, -0.25) is 4.79 Å². The Balaban J connectivity index is 2.04. The summed E-state index contributed by atoms with van der Waals surface area (Å²) in [5, 5.41) is 4.47. The van der Waals surface area contributed by atoms with Crippen molar-refractivity contribution >= 4 is 11.7 Å². The first-order valence-corrected chi connectivity index (χ1v) is 6.58. The number of nitrogen functional groups attached to an aromatic ring is 1. The van der Waals surface area contributed by atoms with E-state index in [0.29, 0.717) is 17.3 Å². The summed E-state index contributed by atoms with van der Waals surface area (Å²) in [5.74, 6) is 0.640. The number of para-hydroxylation sites is 1. The Morgan fingerprint density at radius 2 is 2.25 bits per heavy atom. The molecule has 104 valence electrons. The third-order valence-corrected chi connectivity index (χ3v) is 3.56. The zero-order valence-electron chi connectivity index (χ0n) is 11.2. The molecule has 1 atom stereocenters. The number of ether oxygens (including phenoxy) is 1. The molecule has 3 rings (SSSR count). The minimum absolute atomic E-state index is 0.258. The molecule has 20 heavy (non-hydrogen) atoms. The van der Waals surface area contributed by atoms with E-state index in [4.69, 9.17) is 10.5 Å². The van der Waals surface area contributed by atoms with E-state index in [9.17, 15) is 4.79 Å². The van der Waals surface area contributed by atoms with Gasteiger partial charge in [0, 0.05) is 17.8 Å². The lowest BCUT2D eigenvalue weighted by atomic mass is 9.99. The highest BCUT2D eigenvalue weighted by molar-refractivity contribution is 5.78. The van der Waals surface area contributed by atoms with Crippen LogP contribution in [0.3, 0.4) is 0 Å². The summed E-state index contributed by atoms with van der Waals surface area (Å²) in [6.07, 6.45) is 1.63. The predicted molar refractivity (Wildman–Crippen MR) is 73.9 cm³/mol. The predicted octanol–water partition coefficient (Wildman–Crippen LogP) is 1.58. The average Bonchev–Trinajstić information content (AvgIpc) is 2.90. The fourth-order valence-electron chi connectivity index (χ4n) is 2.53. The van der Waals surface area contributed by atoms with Gasteiger partial charge < -0.3 is 10.5 Å². The number of nitrogens with zero attached hydrogens (tertiary/aromatic N) is 3. The molecule has 0 saturated heterocycles. The first-order valence-electron chi connectivity index (χ1n) is 6.58. The van der Waals surface area contributed by atoms with Gasteiger partial charge in [0.05, 0.1) is 7.11 Å². The standard InChI is InChI=1S/C14H16N4O2/c1-20-14(19)10-6-4-8-18-13(10)16-12(17-18)9-5-2-3-7-11(9)15/h2-3,5,7,10H,4,6,8,15H2,1H3. The topological polar surface area (TPSA) is 83.0 Å². The number of hydrogen-bond donors (Lipinski definition) is 1. The van der Waals surface area contributed by atoms with Crippen LogP contribution in [0.5, 0.6) is 0 Å². The van der Waals surface area contributed by atoms with Crippen LogP contribution in [0.2, 0.25) is 0 Å². The fourth-order valence-corrected chi connectivity index (χ4v) is 2.53. The van der Waals surface area contributed by atoms with Crippen LogP contribution in [0.15, 0.2) is 24.3 Å². The average molecular weight is 272 g/mol. The molecule has 6 nitrogen and oxygen atoms in total. The molecule has 2 heterocycles. The number of carbonyl (C=O) groups excluding carboxylic acids is 1. The highest BCUT2D eigenvalue weighted by Crippen LogP contribution is 2.30. The van der Waals surface area contributed by atoms with Crippen molar-refractivity contribution in [1.29, 1.82) is 0 Å². The Morgan fingerprint density at radius 3 is 3.00 bits per heavy atom. The zero-order chi connectivity index (χ0) is 14.1. The Morgan fingerprint density at radius 1 is 1.45 bits per heavy atom. The van der Waals surface area contributed by atoms with Crippen LogP contribution in [-0.4, -0.2) is 27.8 Å². The first kappa shape index (κ1) is 12.7. The molecule has 0 radical (unpaired) electrons. The van der Waals surface area contributed by atoms with Gasteiger partial charge in [-0.1, -0.05) is 12.1 Å². The third-order valence-electron chi connectivity index (χ3n) is 3.56. The third kappa shape index (κ3) is 2.03. The fraction of sp³-hybridized carbons (Fsp3) is 0.357. The van der Waals surface area contributed by atoms with Crippen LogP contribution in [0.25, 0.3) is 11.4 Å². The Bertz CT molecular complexity index is 650. The minimum atomic E-state index is -0.333. The molecule has 2 aromatic rings. The lowest BCUT2D eigenvalue weighted by Gasteiger charge is -2.19. The maximum Gasteiger partial charge on any atom is 0.316 e. The van der Waals surface area contributed by atoms with Crippen LogP contribution in [-0.2, 0) is 16.1 Å². The SMILES string of the molecule is COC(=O)C1CCCn2nc(-c3ccccc3N)nc21. The Kier molecular flexibility index (Phi) is 3.14. The second-order valence-electron chi connectivity index (χ2n) is 4.82. The van der Waals surface area contributed by atoms with Gasteiger partial charge in [-0.05, 0) is 25.0 Å². The maximum atomic E-state index is 11.8. The number of carbonyl (C=O) groups is 1. The van der Waals surface area contributed by atoms with E-state index in [1.54, 1.807) is 4.68 Å². The van der Waals surface area contributed by atoms with Crippen LogP contribution < -0.4 is 5.73 Å². The molecule has 1 aliphatic rings. The summed E-state index contributed by atoms with van der Waals surface area (Å²) in [4.78, 5) is 16.3. The number of benzene rings is 1. The van der Waals surface area contributed by atoms with Gasteiger partial charge >= 0.3 is 5.97 Å². The molecule has 0 fully saturated rings. The van der Waals surface area contributed by atoms with Crippen molar-refractivity contribution in [1.82, 2.24) is 14.8 Å². The normalized spacial score (nSPS) is 17.6. The molecule has 1 unspecified atom stereocenters. The summed E-state index contributed by atoms with van der Waals surface area (Å²) in [6.45, 7) is 0.766. The molecule has 6 heteroatoms. The van der Waals surface area contributed by atoms with Crippen molar-refractivity contribution in [2.75, 3.05) is 12.8 Å². The van der Waals surface area contributed by atoms with E-state index in [-0.39, 0.29) is 11.9 Å². The highest BCUT2D eigenvalue weighted by Gasteiger charge is 2.31. The Labute approximate surface area is 116 Å². The van der Waals surface area contributed by atoms with Crippen molar-refractivity contribution in [3.63, 3.8) is 0 Å². The molecule has 1 aromatic carbocycles. The van der Waals surface area contributed by atoms with Crippen molar-refractivity contribution in [3.8, 4) is 11.4 Å². The minimum Gasteiger partial charge on any atom is -0.468 e. The molecule has 0 bridgehead atoms. The summed E-state index contributed by atoms with van der Waals surface area (Å²) in [6, 6.07) is 7.45. The highest BCUT2D eigenvalue weighted by atomic mass is 16.5. The smallest absolute Gasteiger partial charge is 0.316 e. The zero-order valence-corrected chi connectivity index (χ0v) is 11.2. The van der Waals surface area contributed by atoms with Gasteiger partial charge in [-0.2, -0.15) is 5.10 Å². The quantitative estimate of drug-likeness (QED) is 0.663. The number of nitrogens with two attached hydrogens (primary N) is 1. The number of aromatic nitrogens is 3. The number of rotatable bonds is 2. The summed E-state index contributed by atoms with van der Waals surface area (Å²) in [5.41, 5.74) is 7.37. The number of fused-ring (bicyclic) bond motifs is 1. The largest absolute Gasteiger partial charge is 0.468 e. The van der Waals surface area contributed by atoms with Gasteiger partial charge in [-0.15, -0.1) is 0 Å². The number of esters is 1. The van der Waals surface area contributed by atoms with Crippen molar-refractivity contribution < 1.29 is 9.53 Å². The molecule has 2 N–H and O–H groups in total. The van der Waals surface area contributed by atoms with Gasteiger partial charge in [0.2, 0.25) is 0 Å². The second-order valence-corrected chi connectivity index (χ2v) is 4.82. The summed E-state index contributed by atoms with van der Waals surface area (Å²) >= 11 is 0. The van der Waals surface area contributed by atoms with Gasteiger partial charge in [0.25, 0.3) is 0 Å². The molecule has 1 aliphatic heterocycles. The van der Waals surface area contributed by atoms with E-state index in [1.807, 2.05) is 24.3 Å². The number of methoxy groups -OCH3 is 1. The lowest BCUT2D eigenvalue weighted by Crippen LogP contribution is -2.24. The van der Waals surface area contributed by atoms with Gasteiger partial charge in [0.15, 0.2) is 5.82 Å². The van der Waals surface area contributed by atoms with E-state index >= 15 is 0 Å².